The Bertz CT molecular complexity index is 554. The summed E-state index contributed by atoms with van der Waals surface area (Å²) in [5.41, 5.74) is 0.644. The lowest BCUT2D eigenvalue weighted by atomic mass is 10.1. The van der Waals surface area contributed by atoms with Crippen molar-refractivity contribution in [3.63, 3.8) is 0 Å². The zero-order valence-corrected chi connectivity index (χ0v) is 16.1. The molecule has 0 N–H and O–H groups in total. The van der Waals surface area contributed by atoms with Gasteiger partial charge in [0.15, 0.2) is 11.5 Å². The minimum absolute atomic E-state index is 0.0237. The maximum atomic E-state index is 12.6. The van der Waals surface area contributed by atoms with Gasteiger partial charge in [-0.15, -0.1) is 0 Å². The van der Waals surface area contributed by atoms with Crippen molar-refractivity contribution in [2.75, 3.05) is 41.3 Å². The first kappa shape index (κ1) is 19.6. The largest absolute Gasteiger partial charge is 0.493 e. The first-order valence-corrected chi connectivity index (χ1v) is 9.26. The number of nitrogens with zero attached hydrogens (tertiary/aromatic N) is 2. The Morgan fingerprint density at radius 1 is 1.08 bits per heavy atom. The van der Waals surface area contributed by atoms with Gasteiger partial charge in [0.05, 0.1) is 13.2 Å². The van der Waals surface area contributed by atoms with Crippen LogP contribution in [0.25, 0.3) is 0 Å². The fraction of sp³-hybridized carbons (Fsp3) is 0.650. The zero-order valence-electron chi connectivity index (χ0n) is 16.1. The van der Waals surface area contributed by atoms with Gasteiger partial charge in [-0.2, -0.15) is 0 Å². The van der Waals surface area contributed by atoms with Gasteiger partial charge in [-0.1, -0.05) is 0 Å². The van der Waals surface area contributed by atoms with Crippen LogP contribution in [-0.2, 0) is 0 Å². The Kier molecular flexibility index (Phi) is 7.56. The summed E-state index contributed by atoms with van der Waals surface area (Å²) in [6.45, 7) is 1.80. The van der Waals surface area contributed by atoms with Crippen LogP contribution in [0.2, 0.25) is 0 Å². The number of hydrogen-bond acceptors (Lipinski definition) is 4. The van der Waals surface area contributed by atoms with Crippen molar-refractivity contribution in [3.05, 3.63) is 23.8 Å². The van der Waals surface area contributed by atoms with E-state index >= 15 is 0 Å². The van der Waals surface area contributed by atoms with E-state index in [1.807, 2.05) is 19.2 Å². The predicted molar refractivity (Wildman–Crippen MR) is 101 cm³/mol. The second-order valence-electron chi connectivity index (χ2n) is 7.13. The molecule has 1 aromatic carbocycles. The number of hydrogen-bond donors (Lipinski definition) is 0. The number of ether oxygens (including phenoxy) is 2. The molecule has 5 heteroatoms. The summed E-state index contributed by atoms with van der Waals surface area (Å²) in [6, 6.07) is 5.50. The molecule has 0 saturated heterocycles. The molecule has 0 heterocycles. The molecule has 1 aliphatic rings. The first-order valence-electron chi connectivity index (χ1n) is 9.26. The maximum Gasteiger partial charge on any atom is 0.253 e. The van der Waals surface area contributed by atoms with E-state index in [0.717, 1.165) is 44.5 Å². The van der Waals surface area contributed by atoms with E-state index in [2.05, 4.69) is 19.0 Å². The van der Waals surface area contributed by atoms with Gasteiger partial charge in [0.25, 0.3) is 5.91 Å². The molecular weight excluding hydrogens is 316 g/mol. The summed E-state index contributed by atoms with van der Waals surface area (Å²) in [5.74, 6) is 1.40. The monoisotopic (exact) mass is 348 g/mol. The van der Waals surface area contributed by atoms with Crippen molar-refractivity contribution in [1.29, 1.82) is 0 Å². The van der Waals surface area contributed by atoms with Crippen molar-refractivity contribution in [2.24, 2.45) is 0 Å². The molecule has 1 amide bonds. The Balaban J connectivity index is 1.94. The molecule has 25 heavy (non-hydrogen) atoms. The van der Waals surface area contributed by atoms with Crippen LogP contribution in [0.5, 0.6) is 11.5 Å². The summed E-state index contributed by atoms with van der Waals surface area (Å²) in [7, 11) is 7.61. The van der Waals surface area contributed by atoms with E-state index in [4.69, 9.17) is 9.47 Å². The summed E-state index contributed by atoms with van der Waals surface area (Å²) in [5, 5.41) is 0. The molecule has 1 fully saturated rings. The summed E-state index contributed by atoms with van der Waals surface area (Å²) in [6.07, 6.45) is 7.00. The van der Waals surface area contributed by atoms with Crippen molar-refractivity contribution < 1.29 is 14.3 Å². The minimum Gasteiger partial charge on any atom is -0.493 e. The quantitative estimate of drug-likeness (QED) is 0.641. The zero-order chi connectivity index (χ0) is 18.2. The highest BCUT2D eigenvalue weighted by molar-refractivity contribution is 5.94. The molecule has 1 aliphatic carbocycles. The van der Waals surface area contributed by atoms with Crippen LogP contribution in [-0.4, -0.2) is 63.2 Å². The van der Waals surface area contributed by atoms with Gasteiger partial charge in [-0.05, 0) is 77.4 Å². The number of methoxy groups -OCH3 is 1. The topological polar surface area (TPSA) is 42.0 Å². The van der Waals surface area contributed by atoms with Crippen molar-refractivity contribution in [1.82, 2.24) is 9.80 Å². The van der Waals surface area contributed by atoms with Crippen LogP contribution < -0.4 is 9.47 Å². The molecule has 0 unspecified atom stereocenters. The van der Waals surface area contributed by atoms with E-state index in [-0.39, 0.29) is 12.0 Å². The first-order chi connectivity index (χ1) is 12.0. The Morgan fingerprint density at radius 3 is 2.40 bits per heavy atom. The van der Waals surface area contributed by atoms with Gasteiger partial charge >= 0.3 is 0 Å². The van der Waals surface area contributed by atoms with Crippen molar-refractivity contribution in [3.8, 4) is 11.5 Å². The lowest BCUT2D eigenvalue weighted by molar-refractivity contribution is 0.0791. The van der Waals surface area contributed by atoms with E-state index < -0.39 is 0 Å². The van der Waals surface area contributed by atoms with Gasteiger partial charge in [0.1, 0.15) is 0 Å². The van der Waals surface area contributed by atoms with E-state index in [1.54, 1.807) is 18.1 Å². The molecule has 1 saturated carbocycles. The second-order valence-corrected chi connectivity index (χ2v) is 7.13. The molecule has 0 aliphatic heterocycles. The van der Waals surface area contributed by atoms with Gasteiger partial charge in [-0.3, -0.25) is 4.79 Å². The highest BCUT2D eigenvalue weighted by Crippen LogP contribution is 2.32. The third kappa shape index (κ3) is 5.92. The molecule has 0 aromatic heterocycles. The lowest BCUT2D eigenvalue weighted by Gasteiger charge is -2.20. The Hall–Kier alpha value is -1.75. The predicted octanol–water partition coefficient (Wildman–Crippen LogP) is 3.43. The SMILES string of the molecule is COc1cc(C(=O)N(C)CCCCN(C)C)ccc1OC1CCCC1. The number of carbonyl (C=O) groups excluding carboxylic acids is 1. The summed E-state index contributed by atoms with van der Waals surface area (Å²) in [4.78, 5) is 16.6. The maximum absolute atomic E-state index is 12.6. The summed E-state index contributed by atoms with van der Waals surface area (Å²) < 4.78 is 11.5. The fourth-order valence-corrected chi connectivity index (χ4v) is 3.18. The van der Waals surface area contributed by atoms with Crippen LogP contribution in [0.4, 0.5) is 0 Å². The van der Waals surface area contributed by atoms with E-state index in [9.17, 15) is 4.79 Å². The number of carbonyl (C=O) groups is 1. The Labute approximate surface area is 151 Å². The van der Waals surface area contributed by atoms with Crippen LogP contribution in [0, 0.1) is 0 Å². The average molecular weight is 348 g/mol. The van der Waals surface area contributed by atoms with Gasteiger partial charge < -0.3 is 19.3 Å². The Morgan fingerprint density at radius 2 is 1.76 bits per heavy atom. The number of rotatable bonds is 9. The number of unbranched alkanes of at least 4 members (excludes halogenated alkanes) is 1. The average Bonchev–Trinajstić information content (AvgIpc) is 3.11. The molecule has 1 aromatic rings. The molecule has 0 spiro atoms. The molecule has 2 rings (SSSR count). The van der Waals surface area contributed by atoms with E-state index in [1.165, 1.54) is 12.8 Å². The molecule has 5 nitrogen and oxygen atoms in total. The van der Waals surface area contributed by atoms with Crippen molar-refractivity contribution >= 4 is 5.91 Å². The number of amides is 1. The lowest BCUT2D eigenvalue weighted by Crippen LogP contribution is -2.28. The molecular formula is C20H32N2O3. The normalized spacial score (nSPS) is 14.8. The molecule has 0 atom stereocenters. The summed E-state index contributed by atoms with van der Waals surface area (Å²) >= 11 is 0. The van der Waals surface area contributed by atoms with Crippen LogP contribution in [0.1, 0.15) is 48.9 Å². The van der Waals surface area contributed by atoms with Gasteiger partial charge in [0.2, 0.25) is 0 Å². The highest BCUT2D eigenvalue weighted by atomic mass is 16.5. The van der Waals surface area contributed by atoms with Crippen LogP contribution in [0.15, 0.2) is 18.2 Å². The standard InChI is InChI=1S/C20H32N2O3/c1-21(2)13-7-8-14-22(3)20(23)16-11-12-18(19(15-16)24-4)25-17-9-5-6-10-17/h11-12,15,17H,5-10,13-14H2,1-4H3. The highest BCUT2D eigenvalue weighted by Gasteiger charge is 2.20. The number of benzene rings is 1. The second kappa shape index (κ2) is 9.66. The molecule has 0 radical (unpaired) electrons. The van der Waals surface area contributed by atoms with E-state index in [0.29, 0.717) is 11.3 Å². The van der Waals surface area contributed by atoms with Crippen LogP contribution >= 0.6 is 0 Å². The smallest absolute Gasteiger partial charge is 0.253 e. The third-order valence-corrected chi connectivity index (χ3v) is 4.70. The molecule has 0 bridgehead atoms. The third-order valence-electron chi connectivity index (χ3n) is 4.70. The molecule has 140 valence electrons. The van der Waals surface area contributed by atoms with Gasteiger partial charge in [0, 0.05) is 19.2 Å². The fourth-order valence-electron chi connectivity index (χ4n) is 3.18. The minimum atomic E-state index is 0.0237. The van der Waals surface area contributed by atoms with Crippen LogP contribution in [0.3, 0.4) is 0 Å². The van der Waals surface area contributed by atoms with Gasteiger partial charge in [-0.25, -0.2) is 0 Å². The van der Waals surface area contributed by atoms with Crippen molar-refractivity contribution in [2.45, 2.75) is 44.6 Å².